The number of benzene rings is 1. The molecule has 0 amide bonds. The maximum absolute atomic E-state index is 12.6. The SMILES string of the molecule is CC(C)C1CCN(S(=O)(=O)c2cc(C(=O)O)ccc2Cl)C1. The van der Waals surface area contributed by atoms with Gasteiger partial charge in [-0.05, 0) is 36.5 Å². The van der Waals surface area contributed by atoms with E-state index in [1.807, 2.05) is 0 Å². The lowest BCUT2D eigenvalue weighted by Gasteiger charge is -2.19. The van der Waals surface area contributed by atoms with Crippen LogP contribution in [0.15, 0.2) is 23.1 Å². The second kappa shape index (κ2) is 5.94. The minimum atomic E-state index is -3.75. The molecule has 1 saturated heterocycles. The van der Waals surface area contributed by atoms with Crippen LogP contribution in [0.2, 0.25) is 5.02 Å². The van der Waals surface area contributed by atoms with Crippen LogP contribution < -0.4 is 0 Å². The summed E-state index contributed by atoms with van der Waals surface area (Å²) in [4.78, 5) is 10.9. The summed E-state index contributed by atoms with van der Waals surface area (Å²) >= 11 is 5.96. The smallest absolute Gasteiger partial charge is 0.335 e. The van der Waals surface area contributed by atoms with Crippen LogP contribution >= 0.6 is 11.6 Å². The highest BCUT2D eigenvalue weighted by Gasteiger charge is 2.35. The quantitative estimate of drug-likeness (QED) is 0.920. The molecule has 0 spiro atoms. The molecule has 1 aliphatic heterocycles. The number of carbonyl (C=O) groups is 1. The zero-order chi connectivity index (χ0) is 15.8. The van der Waals surface area contributed by atoms with Gasteiger partial charge in [-0.15, -0.1) is 0 Å². The number of rotatable bonds is 4. The molecule has 1 aliphatic rings. The predicted molar refractivity (Wildman–Crippen MR) is 80.1 cm³/mol. The first-order valence-corrected chi connectivity index (χ1v) is 8.58. The fraction of sp³-hybridized carbons (Fsp3) is 0.500. The average Bonchev–Trinajstić information content (AvgIpc) is 2.89. The van der Waals surface area contributed by atoms with Crippen molar-refractivity contribution in [2.45, 2.75) is 25.2 Å². The van der Waals surface area contributed by atoms with Crippen molar-refractivity contribution in [3.8, 4) is 0 Å². The van der Waals surface area contributed by atoms with E-state index in [0.717, 1.165) is 12.5 Å². The Morgan fingerprint density at radius 3 is 2.62 bits per heavy atom. The van der Waals surface area contributed by atoms with E-state index in [1.165, 1.54) is 16.4 Å². The van der Waals surface area contributed by atoms with Gasteiger partial charge in [0.1, 0.15) is 4.90 Å². The highest BCUT2D eigenvalue weighted by Crippen LogP contribution is 2.31. The Bertz CT molecular complexity index is 657. The summed E-state index contributed by atoms with van der Waals surface area (Å²) in [5.41, 5.74) is -0.0856. The van der Waals surface area contributed by atoms with Crippen molar-refractivity contribution in [2.24, 2.45) is 11.8 Å². The van der Waals surface area contributed by atoms with Crippen LogP contribution in [0.4, 0.5) is 0 Å². The highest BCUT2D eigenvalue weighted by atomic mass is 35.5. The molecule has 2 rings (SSSR count). The molecule has 0 aromatic heterocycles. The van der Waals surface area contributed by atoms with E-state index in [1.54, 1.807) is 0 Å². The monoisotopic (exact) mass is 331 g/mol. The fourth-order valence-corrected chi connectivity index (χ4v) is 4.50. The lowest BCUT2D eigenvalue weighted by molar-refractivity contribution is 0.0696. The zero-order valence-electron chi connectivity index (χ0n) is 11.9. The van der Waals surface area contributed by atoms with Gasteiger partial charge in [0.2, 0.25) is 10.0 Å². The van der Waals surface area contributed by atoms with Crippen molar-refractivity contribution in [1.29, 1.82) is 0 Å². The summed E-state index contributed by atoms with van der Waals surface area (Å²) in [7, 11) is -3.75. The molecule has 1 heterocycles. The molecule has 7 heteroatoms. The van der Waals surface area contributed by atoms with Crippen LogP contribution in [0.3, 0.4) is 0 Å². The van der Waals surface area contributed by atoms with Crippen LogP contribution in [-0.4, -0.2) is 36.9 Å². The Morgan fingerprint density at radius 2 is 2.10 bits per heavy atom. The van der Waals surface area contributed by atoms with Gasteiger partial charge in [0, 0.05) is 13.1 Å². The Labute approximate surface area is 129 Å². The predicted octanol–water partition coefficient (Wildman–Crippen LogP) is 2.70. The molecule has 1 atom stereocenters. The minimum Gasteiger partial charge on any atom is -0.478 e. The number of carboxylic acids is 1. The second-order valence-corrected chi connectivity index (χ2v) is 7.92. The zero-order valence-corrected chi connectivity index (χ0v) is 13.5. The fourth-order valence-electron chi connectivity index (χ4n) is 2.49. The van der Waals surface area contributed by atoms with Crippen molar-refractivity contribution in [1.82, 2.24) is 4.31 Å². The molecule has 1 aromatic carbocycles. The van der Waals surface area contributed by atoms with Gasteiger partial charge in [0.05, 0.1) is 10.6 Å². The van der Waals surface area contributed by atoms with Crippen molar-refractivity contribution in [3.05, 3.63) is 28.8 Å². The van der Waals surface area contributed by atoms with Crippen molar-refractivity contribution in [3.63, 3.8) is 0 Å². The van der Waals surface area contributed by atoms with Crippen molar-refractivity contribution in [2.75, 3.05) is 13.1 Å². The lowest BCUT2D eigenvalue weighted by Crippen LogP contribution is -2.30. The third kappa shape index (κ3) is 3.22. The van der Waals surface area contributed by atoms with Crippen LogP contribution in [0, 0.1) is 11.8 Å². The van der Waals surface area contributed by atoms with E-state index in [4.69, 9.17) is 16.7 Å². The van der Waals surface area contributed by atoms with Crippen LogP contribution in [0.25, 0.3) is 0 Å². The summed E-state index contributed by atoms with van der Waals surface area (Å²) in [6, 6.07) is 3.74. The molecular formula is C14H18ClNO4S. The summed E-state index contributed by atoms with van der Waals surface area (Å²) in [5.74, 6) is -0.447. The summed E-state index contributed by atoms with van der Waals surface area (Å²) in [6.07, 6.45) is 0.813. The number of carboxylic acid groups (broad SMARTS) is 1. The number of aromatic carboxylic acids is 1. The van der Waals surface area contributed by atoms with Crippen LogP contribution in [-0.2, 0) is 10.0 Å². The standard InChI is InChI=1S/C14H18ClNO4S/c1-9(2)11-5-6-16(8-11)21(19,20)13-7-10(14(17)18)3-4-12(13)15/h3-4,7,9,11H,5-6,8H2,1-2H3,(H,17,18). The number of sulfonamides is 1. The lowest BCUT2D eigenvalue weighted by atomic mass is 9.96. The van der Waals surface area contributed by atoms with Crippen molar-refractivity contribution >= 4 is 27.6 Å². The molecule has 0 bridgehead atoms. The molecule has 0 saturated carbocycles. The number of nitrogens with zero attached hydrogens (tertiary/aromatic N) is 1. The normalized spacial score (nSPS) is 20.1. The molecule has 1 aromatic rings. The van der Waals surface area contributed by atoms with Gasteiger partial charge in [-0.3, -0.25) is 0 Å². The second-order valence-electron chi connectivity index (χ2n) is 5.61. The van der Waals surface area contributed by atoms with E-state index in [-0.39, 0.29) is 15.5 Å². The van der Waals surface area contributed by atoms with Gasteiger partial charge in [-0.2, -0.15) is 4.31 Å². The van der Waals surface area contributed by atoms with Gasteiger partial charge in [0.25, 0.3) is 0 Å². The minimum absolute atomic E-state index is 0.0491. The Kier molecular flexibility index (Phi) is 4.60. The molecular weight excluding hydrogens is 314 g/mol. The Hall–Kier alpha value is -1.11. The molecule has 5 nitrogen and oxygen atoms in total. The molecule has 0 aliphatic carbocycles. The first-order chi connectivity index (χ1) is 9.73. The first-order valence-electron chi connectivity index (χ1n) is 6.76. The third-order valence-electron chi connectivity index (χ3n) is 3.93. The van der Waals surface area contributed by atoms with E-state index < -0.39 is 16.0 Å². The first kappa shape index (κ1) is 16.3. The highest BCUT2D eigenvalue weighted by molar-refractivity contribution is 7.89. The summed E-state index contributed by atoms with van der Waals surface area (Å²) in [6.45, 7) is 5.03. The number of hydrogen-bond acceptors (Lipinski definition) is 3. The maximum atomic E-state index is 12.6. The Balaban J connectivity index is 2.36. The van der Waals surface area contributed by atoms with Gasteiger partial charge < -0.3 is 5.11 Å². The van der Waals surface area contributed by atoms with Gasteiger partial charge >= 0.3 is 5.97 Å². The topological polar surface area (TPSA) is 74.7 Å². The van der Waals surface area contributed by atoms with E-state index >= 15 is 0 Å². The van der Waals surface area contributed by atoms with Crippen LogP contribution in [0.1, 0.15) is 30.6 Å². The molecule has 1 fully saturated rings. The summed E-state index contributed by atoms with van der Waals surface area (Å²) < 4.78 is 26.7. The number of hydrogen-bond donors (Lipinski definition) is 1. The van der Waals surface area contributed by atoms with Crippen LogP contribution in [0.5, 0.6) is 0 Å². The van der Waals surface area contributed by atoms with E-state index in [2.05, 4.69) is 13.8 Å². The molecule has 1 N–H and O–H groups in total. The van der Waals surface area contributed by atoms with E-state index in [9.17, 15) is 13.2 Å². The van der Waals surface area contributed by atoms with Gasteiger partial charge in [0.15, 0.2) is 0 Å². The van der Waals surface area contributed by atoms with Crippen molar-refractivity contribution < 1.29 is 18.3 Å². The molecule has 21 heavy (non-hydrogen) atoms. The molecule has 1 unspecified atom stereocenters. The molecule has 0 radical (unpaired) electrons. The third-order valence-corrected chi connectivity index (χ3v) is 6.27. The number of halogens is 1. The Morgan fingerprint density at radius 1 is 1.43 bits per heavy atom. The van der Waals surface area contributed by atoms with Gasteiger partial charge in [-0.25, -0.2) is 13.2 Å². The largest absolute Gasteiger partial charge is 0.478 e. The summed E-state index contributed by atoms with van der Waals surface area (Å²) in [5, 5.41) is 9.04. The average molecular weight is 332 g/mol. The van der Waals surface area contributed by atoms with Gasteiger partial charge in [-0.1, -0.05) is 25.4 Å². The molecule has 116 valence electrons. The maximum Gasteiger partial charge on any atom is 0.335 e. The van der Waals surface area contributed by atoms with E-state index in [0.29, 0.717) is 24.9 Å².